The van der Waals surface area contributed by atoms with Crippen LogP contribution in [0, 0.1) is 0 Å². The molecule has 0 radical (unpaired) electrons. The van der Waals surface area contributed by atoms with E-state index in [2.05, 4.69) is 20.7 Å². The molecule has 1 N–H and O–H groups in total. The molecule has 132 valence electrons. The van der Waals surface area contributed by atoms with E-state index in [9.17, 15) is 4.79 Å². The highest BCUT2D eigenvalue weighted by molar-refractivity contribution is 7.99. The number of amides is 1. The average molecular weight is 361 g/mol. The van der Waals surface area contributed by atoms with E-state index in [-0.39, 0.29) is 17.1 Å². The Morgan fingerprint density at radius 1 is 1.40 bits per heavy atom. The first-order valence-corrected chi connectivity index (χ1v) is 8.70. The number of carbonyl (C=O) groups excluding carboxylic acids is 1. The predicted molar refractivity (Wildman–Crippen MR) is 92.4 cm³/mol. The largest absolute Gasteiger partial charge is 0.467 e. The minimum atomic E-state index is -0.200. The third-order valence-electron chi connectivity index (χ3n) is 3.36. The molecular weight excluding hydrogens is 342 g/mol. The molecule has 3 heterocycles. The Balaban J connectivity index is 1.54. The molecule has 0 unspecified atom stereocenters. The molecule has 25 heavy (non-hydrogen) atoms. The Bertz CT molecular complexity index is 832. The summed E-state index contributed by atoms with van der Waals surface area (Å²) in [6, 6.07) is 5.43. The summed E-state index contributed by atoms with van der Waals surface area (Å²) in [6.07, 6.45) is 3.22. The quantitative estimate of drug-likeness (QED) is 0.674. The van der Waals surface area contributed by atoms with Gasteiger partial charge in [0.15, 0.2) is 5.16 Å². The zero-order valence-corrected chi connectivity index (χ0v) is 15.0. The van der Waals surface area contributed by atoms with Gasteiger partial charge in [0.25, 0.3) is 0 Å². The molecule has 0 saturated carbocycles. The van der Waals surface area contributed by atoms with E-state index in [1.165, 1.54) is 11.8 Å². The summed E-state index contributed by atoms with van der Waals surface area (Å²) in [4.78, 5) is 12.1. The SMILES string of the molecule is CC(C)(C)c1cc(NC(=O)CSc2nncn2Cc2ccco2)on1. The van der Waals surface area contributed by atoms with Gasteiger partial charge in [0.2, 0.25) is 11.8 Å². The third-order valence-corrected chi connectivity index (χ3v) is 4.34. The number of rotatable bonds is 6. The van der Waals surface area contributed by atoms with Crippen molar-refractivity contribution in [1.82, 2.24) is 19.9 Å². The lowest BCUT2D eigenvalue weighted by molar-refractivity contribution is -0.113. The first-order chi connectivity index (χ1) is 11.9. The van der Waals surface area contributed by atoms with Crippen LogP contribution in [-0.2, 0) is 16.8 Å². The summed E-state index contributed by atoms with van der Waals surface area (Å²) < 4.78 is 12.3. The smallest absolute Gasteiger partial charge is 0.237 e. The molecular formula is C16H19N5O3S. The van der Waals surface area contributed by atoms with Gasteiger partial charge in [-0.1, -0.05) is 37.7 Å². The van der Waals surface area contributed by atoms with E-state index in [0.717, 1.165) is 11.5 Å². The summed E-state index contributed by atoms with van der Waals surface area (Å²) in [5.74, 6) is 1.12. The lowest BCUT2D eigenvalue weighted by Gasteiger charge is -2.12. The molecule has 0 bridgehead atoms. The van der Waals surface area contributed by atoms with Gasteiger partial charge in [-0.25, -0.2) is 0 Å². The molecule has 1 amide bonds. The first kappa shape index (κ1) is 17.3. The van der Waals surface area contributed by atoms with Crippen LogP contribution in [0.4, 0.5) is 5.88 Å². The summed E-state index contributed by atoms with van der Waals surface area (Å²) in [5, 5.41) is 15.2. The molecule has 0 aromatic carbocycles. The van der Waals surface area contributed by atoms with Crippen LogP contribution < -0.4 is 5.32 Å². The standard InChI is InChI=1S/C16H19N5O3S/c1-16(2,3)12-7-14(24-20-12)18-13(22)9-25-15-19-17-10-21(15)8-11-5-4-6-23-11/h4-7,10H,8-9H2,1-3H3,(H,18,22). The second-order valence-corrected chi connectivity index (χ2v) is 7.43. The van der Waals surface area contributed by atoms with Gasteiger partial charge in [0.1, 0.15) is 12.1 Å². The van der Waals surface area contributed by atoms with Crippen molar-refractivity contribution in [2.45, 2.75) is 37.9 Å². The monoisotopic (exact) mass is 361 g/mol. The Labute approximate surface area is 149 Å². The lowest BCUT2D eigenvalue weighted by atomic mass is 9.92. The maximum atomic E-state index is 12.1. The maximum Gasteiger partial charge on any atom is 0.237 e. The van der Waals surface area contributed by atoms with Crippen LogP contribution in [0.25, 0.3) is 0 Å². The molecule has 3 rings (SSSR count). The fourth-order valence-corrected chi connectivity index (χ4v) is 2.74. The molecule has 0 aliphatic heterocycles. The van der Waals surface area contributed by atoms with E-state index in [4.69, 9.17) is 8.94 Å². The van der Waals surface area contributed by atoms with Gasteiger partial charge in [-0.3, -0.25) is 10.1 Å². The van der Waals surface area contributed by atoms with E-state index in [0.29, 0.717) is 17.6 Å². The van der Waals surface area contributed by atoms with Crippen molar-refractivity contribution in [3.8, 4) is 0 Å². The number of anilines is 1. The number of hydrogen-bond acceptors (Lipinski definition) is 7. The van der Waals surface area contributed by atoms with Crippen molar-refractivity contribution in [3.05, 3.63) is 42.2 Å². The topological polar surface area (TPSA) is 99.0 Å². The Morgan fingerprint density at radius 2 is 2.24 bits per heavy atom. The molecule has 0 aliphatic rings. The van der Waals surface area contributed by atoms with E-state index in [1.54, 1.807) is 18.7 Å². The van der Waals surface area contributed by atoms with Crippen LogP contribution in [0.5, 0.6) is 0 Å². The third kappa shape index (κ3) is 4.50. The lowest BCUT2D eigenvalue weighted by Crippen LogP contribution is -2.14. The van der Waals surface area contributed by atoms with Gasteiger partial charge >= 0.3 is 0 Å². The zero-order chi connectivity index (χ0) is 17.9. The van der Waals surface area contributed by atoms with Crippen molar-refractivity contribution in [2.75, 3.05) is 11.1 Å². The van der Waals surface area contributed by atoms with Gasteiger partial charge in [0.05, 0.1) is 24.3 Å². The minimum absolute atomic E-state index is 0.135. The first-order valence-electron chi connectivity index (χ1n) is 7.72. The highest BCUT2D eigenvalue weighted by atomic mass is 32.2. The number of hydrogen-bond donors (Lipinski definition) is 1. The number of thioether (sulfide) groups is 1. The molecule has 9 heteroatoms. The minimum Gasteiger partial charge on any atom is -0.467 e. The van der Waals surface area contributed by atoms with E-state index < -0.39 is 0 Å². The molecule has 3 aromatic rings. The van der Waals surface area contributed by atoms with Crippen molar-refractivity contribution < 1.29 is 13.7 Å². The van der Waals surface area contributed by atoms with Crippen LogP contribution >= 0.6 is 11.8 Å². The Morgan fingerprint density at radius 3 is 2.92 bits per heavy atom. The van der Waals surface area contributed by atoms with Gasteiger partial charge in [-0.05, 0) is 12.1 Å². The van der Waals surface area contributed by atoms with Crippen molar-refractivity contribution in [3.63, 3.8) is 0 Å². The van der Waals surface area contributed by atoms with Crippen LogP contribution in [0.2, 0.25) is 0 Å². The van der Waals surface area contributed by atoms with E-state index >= 15 is 0 Å². The molecule has 0 saturated heterocycles. The fraction of sp³-hybridized carbons (Fsp3) is 0.375. The van der Waals surface area contributed by atoms with Gasteiger partial charge in [0, 0.05) is 11.5 Å². The molecule has 0 spiro atoms. The number of carbonyl (C=O) groups is 1. The van der Waals surface area contributed by atoms with Gasteiger partial charge in [-0.15, -0.1) is 10.2 Å². The van der Waals surface area contributed by atoms with Crippen molar-refractivity contribution >= 4 is 23.6 Å². The maximum absolute atomic E-state index is 12.1. The van der Waals surface area contributed by atoms with Gasteiger partial charge in [-0.2, -0.15) is 0 Å². The average Bonchev–Trinajstić information content (AvgIpc) is 3.26. The summed E-state index contributed by atoms with van der Waals surface area (Å²) >= 11 is 1.29. The van der Waals surface area contributed by atoms with Crippen LogP contribution in [0.15, 0.2) is 44.9 Å². The summed E-state index contributed by atoms with van der Waals surface area (Å²) in [7, 11) is 0. The number of aromatic nitrogens is 4. The zero-order valence-electron chi connectivity index (χ0n) is 14.2. The Hall–Kier alpha value is -2.55. The van der Waals surface area contributed by atoms with E-state index in [1.807, 2.05) is 37.5 Å². The Kier molecular flexibility index (Phi) is 4.93. The highest BCUT2D eigenvalue weighted by Gasteiger charge is 2.20. The molecule has 0 aliphatic carbocycles. The normalized spacial score (nSPS) is 11.6. The van der Waals surface area contributed by atoms with Crippen LogP contribution in [0.3, 0.4) is 0 Å². The van der Waals surface area contributed by atoms with Crippen LogP contribution in [-0.4, -0.2) is 31.6 Å². The van der Waals surface area contributed by atoms with Gasteiger partial charge < -0.3 is 13.5 Å². The second kappa shape index (κ2) is 7.14. The molecule has 0 atom stereocenters. The number of nitrogens with zero attached hydrogens (tertiary/aromatic N) is 4. The summed E-state index contributed by atoms with van der Waals surface area (Å²) in [5.41, 5.74) is 0.650. The van der Waals surface area contributed by atoms with Crippen molar-refractivity contribution in [2.24, 2.45) is 0 Å². The summed E-state index contributed by atoms with van der Waals surface area (Å²) in [6.45, 7) is 6.59. The highest BCUT2D eigenvalue weighted by Crippen LogP contribution is 2.24. The second-order valence-electron chi connectivity index (χ2n) is 6.48. The predicted octanol–water partition coefficient (Wildman–Crippen LogP) is 2.94. The number of nitrogens with one attached hydrogen (secondary N) is 1. The molecule has 0 fully saturated rings. The molecule has 8 nitrogen and oxygen atoms in total. The molecule has 3 aromatic heterocycles. The fourth-order valence-electron chi connectivity index (χ4n) is 2.03. The van der Waals surface area contributed by atoms with Crippen LogP contribution in [0.1, 0.15) is 32.2 Å². The van der Waals surface area contributed by atoms with Crippen molar-refractivity contribution in [1.29, 1.82) is 0 Å². The number of furan rings is 1.